The van der Waals surface area contributed by atoms with Gasteiger partial charge in [-0.2, -0.15) is 0 Å². The van der Waals surface area contributed by atoms with Crippen LogP contribution in [-0.2, 0) is 9.53 Å². The highest BCUT2D eigenvalue weighted by atomic mass is 16.5. The quantitative estimate of drug-likeness (QED) is 0.549. The first-order valence-electron chi connectivity index (χ1n) is 4.43. The van der Waals surface area contributed by atoms with Gasteiger partial charge in [0, 0.05) is 6.04 Å². The van der Waals surface area contributed by atoms with Crippen LogP contribution < -0.4 is 0 Å². The molecule has 0 aromatic carbocycles. The summed E-state index contributed by atoms with van der Waals surface area (Å²) in [6.45, 7) is 3.15. The second kappa shape index (κ2) is 3.90. The average Bonchev–Trinajstić information content (AvgIpc) is 2.08. The summed E-state index contributed by atoms with van der Waals surface area (Å²) < 4.78 is 4.72. The number of hydrogen-bond acceptors (Lipinski definition) is 3. The van der Waals surface area contributed by atoms with Gasteiger partial charge in [0.1, 0.15) is 0 Å². The summed E-state index contributed by atoms with van der Waals surface area (Å²) in [5.74, 6) is 0.0798. The summed E-state index contributed by atoms with van der Waals surface area (Å²) in [5, 5.41) is 0. The largest absolute Gasteiger partial charge is 0.469 e. The molecule has 0 amide bonds. The van der Waals surface area contributed by atoms with Gasteiger partial charge in [0.25, 0.3) is 0 Å². The van der Waals surface area contributed by atoms with Crippen molar-refractivity contribution in [2.45, 2.75) is 25.8 Å². The molecule has 12 heavy (non-hydrogen) atoms. The number of methoxy groups -OCH3 is 1. The number of carbonyl (C=O) groups is 1. The summed E-state index contributed by atoms with van der Waals surface area (Å²) in [5.41, 5.74) is 0. The third kappa shape index (κ3) is 1.97. The molecular weight excluding hydrogens is 154 g/mol. The first kappa shape index (κ1) is 9.52. The zero-order valence-corrected chi connectivity index (χ0v) is 8.04. The second-order valence-corrected chi connectivity index (χ2v) is 3.57. The highest BCUT2D eigenvalue weighted by Gasteiger charge is 2.28. The van der Waals surface area contributed by atoms with Crippen molar-refractivity contribution < 1.29 is 9.53 Å². The Morgan fingerprint density at radius 1 is 1.58 bits per heavy atom. The molecule has 1 aliphatic heterocycles. The molecule has 1 fully saturated rings. The Hall–Kier alpha value is -0.570. The standard InChI is InChI=1S/C9H17NO2/c1-7-6-8(9(11)12-3)4-5-10(7)2/h7-8H,4-6H2,1-3H3/t7-,8-/m1/s1. The van der Waals surface area contributed by atoms with Crippen LogP contribution in [0.5, 0.6) is 0 Å². The van der Waals surface area contributed by atoms with E-state index in [-0.39, 0.29) is 11.9 Å². The van der Waals surface area contributed by atoms with Crippen molar-refractivity contribution in [2.75, 3.05) is 20.7 Å². The fourth-order valence-electron chi connectivity index (χ4n) is 1.67. The third-order valence-electron chi connectivity index (χ3n) is 2.74. The van der Waals surface area contributed by atoms with Crippen molar-refractivity contribution in [3.8, 4) is 0 Å². The SMILES string of the molecule is COC(=O)[C@@H]1CCN(C)[C@H](C)C1. The van der Waals surface area contributed by atoms with Crippen LogP contribution >= 0.6 is 0 Å². The number of carbonyl (C=O) groups excluding carboxylic acids is 1. The molecule has 3 nitrogen and oxygen atoms in total. The number of esters is 1. The van der Waals surface area contributed by atoms with Crippen molar-refractivity contribution in [3.63, 3.8) is 0 Å². The normalized spacial score (nSPS) is 31.6. The Morgan fingerprint density at radius 3 is 2.75 bits per heavy atom. The maximum absolute atomic E-state index is 11.2. The molecule has 0 spiro atoms. The Labute approximate surface area is 73.7 Å². The fourth-order valence-corrected chi connectivity index (χ4v) is 1.67. The lowest BCUT2D eigenvalue weighted by atomic mass is 9.92. The summed E-state index contributed by atoms with van der Waals surface area (Å²) in [6, 6.07) is 0.503. The molecule has 0 N–H and O–H groups in total. The number of likely N-dealkylation sites (tertiary alicyclic amines) is 1. The van der Waals surface area contributed by atoms with Gasteiger partial charge in [-0.1, -0.05) is 0 Å². The molecule has 0 unspecified atom stereocenters. The smallest absolute Gasteiger partial charge is 0.308 e. The summed E-state index contributed by atoms with van der Waals surface area (Å²) in [4.78, 5) is 13.5. The molecule has 0 bridgehead atoms. The van der Waals surface area contributed by atoms with Gasteiger partial charge in [0.2, 0.25) is 0 Å². The van der Waals surface area contributed by atoms with Crippen molar-refractivity contribution in [3.05, 3.63) is 0 Å². The lowest BCUT2D eigenvalue weighted by Crippen LogP contribution is -2.40. The lowest BCUT2D eigenvalue weighted by Gasteiger charge is -2.33. The first-order chi connectivity index (χ1) is 5.65. The monoisotopic (exact) mass is 171 g/mol. The summed E-state index contributed by atoms with van der Waals surface area (Å²) in [7, 11) is 3.56. The van der Waals surface area contributed by atoms with Gasteiger partial charge in [0.15, 0.2) is 0 Å². The molecule has 0 saturated carbocycles. The number of piperidine rings is 1. The predicted molar refractivity (Wildman–Crippen MR) is 46.8 cm³/mol. The Morgan fingerprint density at radius 2 is 2.25 bits per heavy atom. The zero-order chi connectivity index (χ0) is 9.14. The second-order valence-electron chi connectivity index (χ2n) is 3.57. The minimum absolute atomic E-state index is 0.0463. The van der Waals surface area contributed by atoms with Crippen LogP contribution in [0.15, 0.2) is 0 Å². The maximum Gasteiger partial charge on any atom is 0.308 e. The zero-order valence-electron chi connectivity index (χ0n) is 8.04. The van der Waals surface area contributed by atoms with Gasteiger partial charge in [-0.25, -0.2) is 0 Å². The van der Waals surface area contributed by atoms with E-state index in [4.69, 9.17) is 4.74 Å². The van der Waals surface area contributed by atoms with E-state index < -0.39 is 0 Å². The molecule has 2 atom stereocenters. The van der Waals surface area contributed by atoms with Crippen molar-refractivity contribution in [1.29, 1.82) is 0 Å². The van der Waals surface area contributed by atoms with Crippen LogP contribution in [0.1, 0.15) is 19.8 Å². The molecule has 0 aliphatic carbocycles. The molecule has 1 saturated heterocycles. The Bertz CT molecular complexity index is 170. The van der Waals surface area contributed by atoms with E-state index in [1.165, 1.54) is 7.11 Å². The summed E-state index contributed by atoms with van der Waals surface area (Å²) in [6.07, 6.45) is 1.87. The third-order valence-corrected chi connectivity index (χ3v) is 2.74. The van der Waals surface area contributed by atoms with E-state index >= 15 is 0 Å². The van der Waals surface area contributed by atoms with E-state index in [0.29, 0.717) is 6.04 Å². The number of ether oxygens (including phenoxy) is 1. The lowest BCUT2D eigenvalue weighted by molar-refractivity contribution is -0.147. The van der Waals surface area contributed by atoms with E-state index in [1.54, 1.807) is 0 Å². The van der Waals surface area contributed by atoms with E-state index in [1.807, 2.05) is 0 Å². The topological polar surface area (TPSA) is 29.5 Å². The maximum atomic E-state index is 11.2. The van der Waals surface area contributed by atoms with Crippen LogP contribution in [0, 0.1) is 5.92 Å². The predicted octanol–water partition coefficient (Wildman–Crippen LogP) is 0.890. The van der Waals surface area contributed by atoms with Crippen LogP contribution in [0.2, 0.25) is 0 Å². The molecule has 1 aliphatic rings. The number of hydrogen-bond donors (Lipinski definition) is 0. The Kier molecular flexibility index (Phi) is 3.09. The van der Waals surface area contributed by atoms with Gasteiger partial charge >= 0.3 is 5.97 Å². The van der Waals surface area contributed by atoms with Gasteiger partial charge in [-0.05, 0) is 33.4 Å². The number of rotatable bonds is 1. The molecule has 70 valence electrons. The van der Waals surface area contributed by atoms with Crippen LogP contribution in [0.3, 0.4) is 0 Å². The van der Waals surface area contributed by atoms with Gasteiger partial charge in [-0.3, -0.25) is 4.79 Å². The average molecular weight is 171 g/mol. The molecular formula is C9H17NO2. The van der Waals surface area contributed by atoms with Crippen molar-refractivity contribution in [1.82, 2.24) is 4.90 Å². The van der Waals surface area contributed by atoms with E-state index in [9.17, 15) is 4.79 Å². The van der Waals surface area contributed by atoms with Crippen LogP contribution in [0.4, 0.5) is 0 Å². The Balaban J connectivity index is 2.45. The minimum atomic E-state index is -0.0463. The highest BCUT2D eigenvalue weighted by molar-refractivity contribution is 5.72. The van der Waals surface area contributed by atoms with Crippen LogP contribution in [-0.4, -0.2) is 37.6 Å². The van der Waals surface area contributed by atoms with E-state index in [2.05, 4.69) is 18.9 Å². The molecule has 0 radical (unpaired) electrons. The van der Waals surface area contributed by atoms with Gasteiger partial charge < -0.3 is 9.64 Å². The fraction of sp³-hybridized carbons (Fsp3) is 0.889. The van der Waals surface area contributed by atoms with Gasteiger partial charge in [0.05, 0.1) is 13.0 Å². The first-order valence-corrected chi connectivity index (χ1v) is 4.43. The molecule has 3 heteroatoms. The van der Waals surface area contributed by atoms with E-state index in [0.717, 1.165) is 19.4 Å². The van der Waals surface area contributed by atoms with Crippen LogP contribution in [0.25, 0.3) is 0 Å². The highest BCUT2D eigenvalue weighted by Crippen LogP contribution is 2.22. The molecule has 0 aromatic rings. The molecule has 1 heterocycles. The minimum Gasteiger partial charge on any atom is -0.469 e. The molecule has 1 rings (SSSR count). The van der Waals surface area contributed by atoms with Gasteiger partial charge in [-0.15, -0.1) is 0 Å². The number of nitrogens with zero attached hydrogens (tertiary/aromatic N) is 1. The van der Waals surface area contributed by atoms with Crippen molar-refractivity contribution >= 4 is 5.97 Å². The summed E-state index contributed by atoms with van der Waals surface area (Å²) >= 11 is 0. The van der Waals surface area contributed by atoms with Crippen molar-refractivity contribution in [2.24, 2.45) is 5.92 Å². The molecule has 0 aromatic heterocycles.